The zero-order valence-electron chi connectivity index (χ0n) is 17.2. The summed E-state index contributed by atoms with van der Waals surface area (Å²) in [5.74, 6) is 1.76. The second-order valence-electron chi connectivity index (χ2n) is 9.59. The van der Waals surface area contributed by atoms with Gasteiger partial charge < -0.3 is 15.0 Å². The molecular weight excluding hydrogens is 312 g/mol. The molecule has 1 saturated carbocycles. The maximum atomic E-state index is 12.3. The molecule has 4 heteroatoms. The maximum absolute atomic E-state index is 12.3. The molecule has 146 valence electrons. The average Bonchev–Trinajstić information content (AvgIpc) is 2.54. The number of nitrogens with one attached hydrogen (secondary N) is 1. The number of carbonyl (C=O) groups is 1. The van der Waals surface area contributed by atoms with E-state index in [0.29, 0.717) is 5.41 Å². The van der Waals surface area contributed by atoms with Crippen LogP contribution in [0, 0.1) is 17.3 Å². The molecule has 4 nitrogen and oxygen atoms in total. The van der Waals surface area contributed by atoms with E-state index in [4.69, 9.17) is 4.74 Å². The van der Waals surface area contributed by atoms with E-state index in [1.165, 1.54) is 38.6 Å². The van der Waals surface area contributed by atoms with E-state index in [-0.39, 0.29) is 6.09 Å². The summed E-state index contributed by atoms with van der Waals surface area (Å²) in [6.07, 6.45) is 8.78. The van der Waals surface area contributed by atoms with Crippen LogP contribution in [0.4, 0.5) is 4.79 Å². The third-order valence-corrected chi connectivity index (χ3v) is 6.20. The van der Waals surface area contributed by atoms with Gasteiger partial charge in [0.05, 0.1) is 0 Å². The molecule has 0 bridgehead atoms. The molecule has 0 radical (unpaired) electrons. The van der Waals surface area contributed by atoms with Crippen LogP contribution in [0.5, 0.6) is 0 Å². The van der Waals surface area contributed by atoms with E-state index in [1.54, 1.807) is 0 Å². The van der Waals surface area contributed by atoms with E-state index >= 15 is 0 Å². The number of likely N-dealkylation sites (tertiary alicyclic amines) is 1. The highest BCUT2D eigenvalue weighted by Crippen LogP contribution is 2.35. The molecule has 1 saturated heterocycles. The highest BCUT2D eigenvalue weighted by atomic mass is 16.6. The van der Waals surface area contributed by atoms with Gasteiger partial charge in [-0.15, -0.1) is 0 Å². The molecule has 2 rings (SSSR count). The minimum absolute atomic E-state index is 0.152. The summed E-state index contributed by atoms with van der Waals surface area (Å²) >= 11 is 0. The summed E-state index contributed by atoms with van der Waals surface area (Å²) < 4.78 is 5.52. The van der Waals surface area contributed by atoms with Crippen LogP contribution in [-0.2, 0) is 4.74 Å². The van der Waals surface area contributed by atoms with Crippen molar-refractivity contribution < 1.29 is 9.53 Å². The van der Waals surface area contributed by atoms with Crippen molar-refractivity contribution in [2.24, 2.45) is 17.3 Å². The largest absolute Gasteiger partial charge is 0.444 e. The number of nitrogens with zero attached hydrogens (tertiary/aromatic N) is 1. The van der Waals surface area contributed by atoms with Crippen LogP contribution in [0.25, 0.3) is 0 Å². The molecule has 2 unspecified atom stereocenters. The number of ether oxygens (including phenoxy) is 1. The van der Waals surface area contributed by atoms with Crippen molar-refractivity contribution in [3.05, 3.63) is 0 Å². The predicted octanol–water partition coefficient (Wildman–Crippen LogP) is 4.83. The van der Waals surface area contributed by atoms with Crippen LogP contribution < -0.4 is 5.32 Å². The van der Waals surface area contributed by atoms with Crippen molar-refractivity contribution in [2.75, 3.05) is 26.2 Å². The lowest BCUT2D eigenvalue weighted by atomic mass is 9.76. The number of carbonyl (C=O) groups excluding carboxylic acids is 1. The zero-order valence-corrected chi connectivity index (χ0v) is 17.2. The minimum Gasteiger partial charge on any atom is -0.444 e. The molecule has 0 aromatic carbocycles. The lowest BCUT2D eigenvalue weighted by Gasteiger charge is -2.42. The Labute approximate surface area is 155 Å². The molecule has 2 fully saturated rings. The first kappa shape index (κ1) is 20.5. The topological polar surface area (TPSA) is 41.6 Å². The van der Waals surface area contributed by atoms with Gasteiger partial charge in [0.15, 0.2) is 0 Å². The summed E-state index contributed by atoms with van der Waals surface area (Å²) in [4.78, 5) is 14.1. The summed E-state index contributed by atoms with van der Waals surface area (Å²) in [5.41, 5.74) is -0.0616. The Morgan fingerprint density at radius 2 is 1.92 bits per heavy atom. The Morgan fingerprint density at radius 1 is 1.24 bits per heavy atom. The molecule has 0 spiro atoms. The van der Waals surface area contributed by atoms with Crippen molar-refractivity contribution in [1.29, 1.82) is 0 Å². The van der Waals surface area contributed by atoms with Crippen LogP contribution in [0.2, 0.25) is 0 Å². The molecule has 0 aromatic rings. The van der Waals surface area contributed by atoms with Gasteiger partial charge in [-0.3, -0.25) is 0 Å². The molecule has 2 atom stereocenters. The molecular formula is C21H40N2O2. The summed E-state index contributed by atoms with van der Waals surface area (Å²) in [7, 11) is 0. The van der Waals surface area contributed by atoms with Crippen molar-refractivity contribution in [1.82, 2.24) is 10.2 Å². The van der Waals surface area contributed by atoms with Gasteiger partial charge in [0, 0.05) is 19.6 Å². The van der Waals surface area contributed by atoms with Crippen molar-refractivity contribution >= 4 is 6.09 Å². The van der Waals surface area contributed by atoms with Gasteiger partial charge in [-0.25, -0.2) is 4.79 Å². The van der Waals surface area contributed by atoms with Crippen LogP contribution in [-0.4, -0.2) is 42.8 Å². The monoisotopic (exact) mass is 352 g/mol. The van der Waals surface area contributed by atoms with E-state index in [0.717, 1.165) is 44.3 Å². The number of rotatable bonds is 5. The maximum Gasteiger partial charge on any atom is 0.410 e. The van der Waals surface area contributed by atoms with E-state index in [9.17, 15) is 4.79 Å². The van der Waals surface area contributed by atoms with Crippen molar-refractivity contribution in [3.63, 3.8) is 0 Å². The number of piperidine rings is 1. The van der Waals surface area contributed by atoms with Crippen molar-refractivity contribution in [3.8, 4) is 0 Å². The molecule has 1 N–H and O–H groups in total. The Kier molecular flexibility index (Phi) is 7.19. The van der Waals surface area contributed by atoms with Gasteiger partial charge in [-0.2, -0.15) is 0 Å². The normalized spacial score (nSPS) is 27.2. The van der Waals surface area contributed by atoms with Crippen LogP contribution in [0.15, 0.2) is 0 Å². The van der Waals surface area contributed by atoms with Gasteiger partial charge in [0.2, 0.25) is 0 Å². The third-order valence-electron chi connectivity index (χ3n) is 6.20. The fraction of sp³-hybridized carbons (Fsp3) is 0.952. The lowest BCUT2D eigenvalue weighted by Crippen LogP contribution is -2.48. The highest BCUT2D eigenvalue weighted by molar-refractivity contribution is 5.68. The number of hydrogen-bond donors (Lipinski definition) is 1. The van der Waals surface area contributed by atoms with E-state index in [2.05, 4.69) is 19.2 Å². The smallest absolute Gasteiger partial charge is 0.410 e. The zero-order chi connectivity index (χ0) is 18.5. The van der Waals surface area contributed by atoms with Crippen molar-refractivity contribution in [2.45, 2.75) is 85.2 Å². The molecule has 25 heavy (non-hydrogen) atoms. The molecule has 1 aliphatic heterocycles. The average molecular weight is 353 g/mol. The first-order valence-corrected chi connectivity index (χ1v) is 10.4. The van der Waals surface area contributed by atoms with Gasteiger partial charge in [0.25, 0.3) is 0 Å². The minimum atomic E-state index is -0.408. The molecule has 2 aliphatic rings. The Hall–Kier alpha value is -0.770. The van der Waals surface area contributed by atoms with Crippen LogP contribution in [0.1, 0.15) is 79.6 Å². The fourth-order valence-corrected chi connectivity index (χ4v) is 4.43. The van der Waals surface area contributed by atoms with Crippen LogP contribution in [0.3, 0.4) is 0 Å². The quantitative estimate of drug-likeness (QED) is 0.770. The first-order valence-electron chi connectivity index (χ1n) is 10.4. The highest BCUT2D eigenvalue weighted by Gasteiger charge is 2.35. The molecule has 1 heterocycles. The molecule has 0 aromatic heterocycles. The molecule has 1 amide bonds. The number of hydrogen-bond acceptors (Lipinski definition) is 3. The summed E-state index contributed by atoms with van der Waals surface area (Å²) in [5, 5.41) is 3.78. The van der Waals surface area contributed by atoms with E-state index in [1.807, 2.05) is 25.7 Å². The molecule has 1 aliphatic carbocycles. The van der Waals surface area contributed by atoms with E-state index < -0.39 is 5.60 Å². The van der Waals surface area contributed by atoms with Gasteiger partial charge in [0.1, 0.15) is 5.60 Å². The van der Waals surface area contributed by atoms with Crippen LogP contribution >= 0.6 is 0 Å². The SMILES string of the molecule is CCC1(CNCC2CCCC(C)C2)CCN(C(=O)OC(C)(C)C)CC1. The van der Waals surface area contributed by atoms with Gasteiger partial charge in [-0.05, 0) is 76.7 Å². The van der Waals surface area contributed by atoms with Gasteiger partial charge >= 0.3 is 6.09 Å². The standard InChI is InChI=1S/C21H40N2O2/c1-6-21(16-22-15-18-9-7-8-17(2)14-18)10-12-23(13-11-21)19(24)25-20(3,4)5/h17-18,22H,6-16H2,1-5H3. The number of amides is 1. The second-order valence-corrected chi connectivity index (χ2v) is 9.59. The summed E-state index contributed by atoms with van der Waals surface area (Å²) in [6.45, 7) is 14.4. The van der Waals surface area contributed by atoms with Gasteiger partial charge in [-0.1, -0.05) is 26.7 Å². The Morgan fingerprint density at radius 3 is 2.48 bits per heavy atom. The Bertz CT molecular complexity index is 422. The summed E-state index contributed by atoms with van der Waals surface area (Å²) in [6, 6.07) is 0. The predicted molar refractivity (Wildman–Crippen MR) is 104 cm³/mol. The fourth-order valence-electron chi connectivity index (χ4n) is 4.43. The Balaban J connectivity index is 1.75. The lowest BCUT2D eigenvalue weighted by molar-refractivity contribution is 0.00932. The second kappa shape index (κ2) is 8.75. The third kappa shape index (κ3) is 6.47. The first-order chi connectivity index (χ1) is 11.7.